The third-order valence-corrected chi connectivity index (χ3v) is 3.44. The maximum Gasteiger partial charge on any atom is 0.411 e. The topological polar surface area (TPSA) is 74.1 Å². The van der Waals surface area contributed by atoms with Gasteiger partial charge in [0, 0.05) is 22.6 Å². The van der Waals surface area contributed by atoms with Gasteiger partial charge >= 0.3 is 6.18 Å². The van der Waals surface area contributed by atoms with Gasteiger partial charge < -0.3 is 4.74 Å². The fourth-order valence-electron chi connectivity index (χ4n) is 1.65. The van der Waals surface area contributed by atoms with Crippen LogP contribution in [0.3, 0.4) is 0 Å². The zero-order valence-electron chi connectivity index (χ0n) is 11.6. The predicted octanol–water partition coefficient (Wildman–Crippen LogP) is 2.08. The molecule has 0 radical (unpaired) electrons. The van der Waals surface area contributed by atoms with E-state index in [1.807, 2.05) is 0 Å². The van der Waals surface area contributed by atoms with Crippen molar-refractivity contribution >= 4 is 19.7 Å². The summed E-state index contributed by atoms with van der Waals surface area (Å²) in [6.45, 7) is 3.44. The number of aromatic nitrogens is 3. The van der Waals surface area contributed by atoms with Gasteiger partial charge in [0.2, 0.25) is 0 Å². The average molecular weight is 350 g/mol. The molecule has 0 aromatic carbocycles. The van der Waals surface area contributed by atoms with Crippen LogP contribution in [-0.4, -0.2) is 42.6 Å². The Bertz CT molecular complexity index is 593. The maximum atomic E-state index is 12.0. The summed E-state index contributed by atoms with van der Waals surface area (Å²) in [6, 6.07) is 0. The minimum atomic E-state index is -4.41. The van der Waals surface area contributed by atoms with Gasteiger partial charge in [0.05, 0.1) is 6.61 Å². The zero-order valence-corrected chi connectivity index (χ0v) is 13.2. The highest BCUT2D eigenvalue weighted by molar-refractivity contribution is 8.13. The first-order valence-electron chi connectivity index (χ1n) is 5.86. The van der Waals surface area contributed by atoms with E-state index in [0.29, 0.717) is 0 Å². The van der Waals surface area contributed by atoms with Gasteiger partial charge in [-0.05, 0) is 20.8 Å². The molecule has 6 nitrogen and oxygen atoms in total. The van der Waals surface area contributed by atoms with Crippen molar-refractivity contribution in [3.05, 3.63) is 5.82 Å². The third-order valence-electron chi connectivity index (χ3n) is 2.33. The van der Waals surface area contributed by atoms with Crippen molar-refractivity contribution < 1.29 is 26.3 Å². The maximum absolute atomic E-state index is 12.0. The van der Waals surface area contributed by atoms with Crippen molar-refractivity contribution in [2.75, 3.05) is 13.2 Å². The average Bonchev–Trinajstić information content (AvgIpc) is 2.65. The van der Waals surface area contributed by atoms with Crippen molar-refractivity contribution in [1.82, 2.24) is 14.8 Å². The molecule has 0 atom stereocenters. The second-order valence-corrected chi connectivity index (χ2v) is 7.72. The van der Waals surface area contributed by atoms with E-state index in [4.69, 9.17) is 10.7 Å². The summed E-state index contributed by atoms with van der Waals surface area (Å²) in [4.78, 5) is 0. The molecule has 0 N–H and O–H groups in total. The van der Waals surface area contributed by atoms with Crippen molar-refractivity contribution in [3.63, 3.8) is 0 Å². The first-order valence-corrected chi connectivity index (χ1v) is 8.17. The summed E-state index contributed by atoms with van der Waals surface area (Å²) < 4.78 is 64.5. The summed E-state index contributed by atoms with van der Waals surface area (Å²) >= 11 is 0. The van der Waals surface area contributed by atoms with E-state index in [0.717, 1.165) is 0 Å². The van der Waals surface area contributed by atoms with E-state index < -0.39 is 32.5 Å². The molecule has 0 aliphatic carbocycles. The van der Waals surface area contributed by atoms with E-state index in [-0.39, 0.29) is 18.9 Å². The smallest absolute Gasteiger partial charge is 0.372 e. The Kier molecular flexibility index (Phi) is 5.27. The molecule has 0 bridgehead atoms. The lowest BCUT2D eigenvalue weighted by Crippen LogP contribution is -2.28. The van der Waals surface area contributed by atoms with Gasteiger partial charge in [-0.25, -0.2) is 8.42 Å². The number of hydrogen-bond donors (Lipinski definition) is 0. The molecule has 0 unspecified atom stereocenters. The molecule has 0 saturated carbocycles. The Morgan fingerprint density at radius 1 is 1.24 bits per heavy atom. The van der Waals surface area contributed by atoms with Gasteiger partial charge in [0.25, 0.3) is 14.2 Å². The highest BCUT2D eigenvalue weighted by Gasteiger charge is 2.30. The van der Waals surface area contributed by atoms with E-state index in [1.165, 1.54) is 4.57 Å². The van der Waals surface area contributed by atoms with Gasteiger partial charge in [0.15, 0.2) is 0 Å². The van der Waals surface area contributed by atoms with E-state index in [2.05, 4.69) is 14.9 Å². The van der Waals surface area contributed by atoms with Crippen molar-refractivity contribution in [3.8, 4) is 0 Å². The Hall–Kier alpha value is -0.870. The molecule has 0 aliphatic rings. The van der Waals surface area contributed by atoms with Crippen LogP contribution in [0.2, 0.25) is 0 Å². The lowest BCUT2D eigenvalue weighted by atomic mass is 10.1. The molecular weight excluding hydrogens is 335 g/mol. The molecule has 1 heterocycles. The van der Waals surface area contributed by atoms with Crippen LogP contribution in [0, 0.1) is 0 Å². The van der Waals surface area contributed by atoms with Crippen molar-refractivity contribution in [2.45, 2.75) is 44.1 Å². The van der Waals surface area contributed by atoms with Crippen LogP contribution in [0.1, 0.15) is 26.6 Å². The normalized spacial score (nSPS) is 13.7. The summed E-state index contributed by atoms with van der Waals surface area (Å²) in [5.41, 5.74) is -0.708. The quantitative estimate of drug-likeness (QED) is 0.601. The van der Waals surface area contributed by atoms with Crippen LogP contribution in [-0.2, 0) is 25.7 Å². The third kappa shape index (κ3) is 5.44. The van der Waals surface area contributed by atoms with E-state index in [1.54, 1.807) is 20.8 Å². The van der Waals surface area contributed by atoms with Crippen molar-refractivity contribution in [1.29, 1.82) is 0 Å². The number of alkyl halides is 3. The lowest BCUT2D eigenvalue weighted by molar-refractivity contribution is -0.173. The minimum Gasteiger partial charge on any atom is -0.372 e. The minimum absolute atomic E-state index is 0.0211. The lowest BCUT2D eigenvalue weighted by Gasteiger charge is -2.24. The molecule has 0 spiro atoms. The number of halogens is 4. The summed E-state index contributed by atoms with van der Waals surface area (Å²) in [6.07, 6.45) is -4.44. The summed E-state index contributed by atoms with van der Waals surface area (Å²) in [5, 5.41) is 6.73. The number of hydrogen-bond acceptors (Lipinski definition) is 5. The SMILES string of the molecule is CC(C)(C)n1c(CCOCC(F)(F)F)nnc1S(=O)(=O)Cl. The van der Waals surface area contributed by atoms with Crippen LogP contribution in [0.4, 0.5) is 13.2 Å². The molecule has 122 valence electrons. The fourth-order valence-corrected chi connectivity index (χ4v) is 2.68. The largest absolute Gasteiger partial charge is 0.411 e. The number of rotatable bonds is 5. The summed E-state index contributed by atoms with van der Waals surface area (Å²) in [7, 11) is 1.16. The van der Waals surface area contributed by atoms with E-state index >= 15 is 0 Å². The van der Waals surface area contributed by atoms with Gasteiger partial charge in [0.1, 0.15) is 12.4 Å². The predicted molar refractivity (Wildman–Crippen MR) is 68.6 cm³/mol. The standard InChI is InChI=1S/C10H15ClF3N3O3S/c1-9(2,3)17-7(4-5-20-6-10(12,13)14)15-16-8(17)21(11,18)19/h4-6H2,1-3H3. The first-order chi connectivity index (χ1) is 9.32. The highest BCUT2D eigenvalue weighted by Crippen LogP contribution is 2.24. The molecule has 1 rings (SSSR count). The second kappa shape index (κ2) is 6.09. The molecular formula is C10H15ClF3N3O3S. The zero-order chi connectivity index (χ0) is 16.5. The Morgan fingerprint density at radius 2 is 1.81 bits per heavy atom. The van der Waals surface area contributed by atoms with Crippen LogP contribution in [0.15, 0.2) is 5.16 Å². The van der Waals surface area contributed by atoms with E-state index in [9.17, 15) is 21.6 Å². The van der Waals surface area contributed by atoms with Gasteiger partial charge in [-0.15, -0.1) is 10.2 Å². The monoisotopic (exact) mass is 349 g/mol. The fraction of sp³-hybridized carbons (Fsp3) is 0.800. The van der Waals surface area contributed by atoms with Gasteiger partial charge in [-0.3, -0.25) is 4.57 Å². The molecule has 0 aliphatic heterocycles. The van der Waals surface area contributed by atoms with Crippen LogP contribution < -0.4 is 0 Å². The second-order valence-electron chi connectivity index (χ2n) is 5.26. The first kappa shape index (κ1) is 18.2. The van der Waals surface area contributed by atoms with Crippen LogP contribution in [0.25, 0.3) is 0 Å². The summed E-state index contributed by atoms with van der Waals surface area (Å²) in [5.74, 6) is 0.184. The molecule has 11 heteroatoms. The number of ether oxygens (including phenoxy) is 1. The molecule has 1 aromatic rings. The Morgan fingerprint density at radius 3 is 2.24 bits per heavy atom. The number of nitrogens with zero attached hydrogens (tertiary/aromatic N) is 3. The van der Waals surface area contributed by atoms with Crippen molar-refractivity contribution in [2.24, 2.45) is 0 Å². The Balaban J connectivity index is 2.92. The Labute approximate surface area is 124 Å². The van der Waals surface area contributed by atoms with Crippen LogP contribution >= 0.6 is 10.7 Å². The van der Waals surface area contributed by atoms with Gasteiger partial charge in [-0.2, -0.15) is 13.2 Å². The molecule has 0 amide bonds. The van der Waals surface area contributed by atoms with Gasteiger partial charge in [-0.1, -0.05) is 0 Å². The molecule has 21 heavy (non-hydrogen) atoms. The molecule has 0 saturated heterocycles. The molecule has 0 fully saturated rings. The van der Waals surface area contributed by atoms with Crippen LogP contribution in [0.5, 0.6) is 0 Å². The molecule has 1 aromatic heterocycles. The highest BCUT2D eigenvalue weighted by atomic mass is 35.7.